The maximum Gasteiger partial charge on any atom is 0.353 e. The molecule has 9 heteroatoms. The van der Waals surface area contributed by atoms with Crippen molar-refractivity contribution in [3.8, 4) is 22.5 Å². The second kappa shape index (κ2) is 9.30. The molecule has 0 bridgehead atoms. The normalized spacial score (nSPS) is 11.2. The Morgan fingerprint density at radius 3 is 2.26 bits per heavy atom. The lowest BCUT2D eigenvalue weighted by atomic mass is 9.98. The first-order valence-corrected chi connectivity index (χ1v) is 11.2. The molecular weight excluding hydrogens is 442 g/mol. The van der Waals surface area contributed by atoms with E-state index in [-0.39, 0.29) is 5.92 Å². The summed E-state index contributed by atoms with van der Waals surface area (Å²) in [6.07, 6.45) is 0. The van der Waals surface area contributed by atoms with Crippen molar-refractivity contribution >= 4 is 5.91 Å². The summed E-state index contributed by atoms with van der Waals surface area (Å²) >= 11 is 0. The molecule has 1 N–H and O–H groups in total. The van der Waals surface area contributed by atoms with Crippen LogP contribution in [0.15, 0.2) is 83.7 Å². The molecule has 9 nitrogen and oxygen atoms in total. The van der Waals surface area contributed by atoms with E-state index in [9.17, 15) is 9.59 Å². The minimum Gasteiger partial charge on any atom is -0.274 e. The van der Waals surface area contributed by atoms with E-state index in [1.54, 1.807) is 28.8 Å². The Kier molecular flexibility index (Phi) is 5.88. The molecule has 35 heavy (non-hydrogen) atoms. The molecule has 5 rings (SSSR count). The lowest BCUT2D eigenvalue weighted by molar-refractivity contribution is 0.0939. The molecule has 0 fully saturated rings. The molecule has 0 saturated heterocycles. The van der Waals surface area contributed by atoms with Crippen molar-refractivity contribution in [2.45, 2.75) is 26.3 Å². The number of hydrogen-bond donors (Lipinski definition) is 1. The van der Waals surface area contributed by atoms with Crippen LogP contribution >= 0.6 is 0 Å². The van der Waals surface area contributed by atoms with Crippen molar-refractivity contribution in [3.63, 3.8) is 0 Å². The Morgan fingerprint density at radius 2 is 1.60 bits per heavy atom. The predicted octanol–water partition coefficient (Wildman–Crippen LogP) is 3.75. The van der Waals surface area contributed by atoms with Crippen molar-refractivity contribution in [3.05, 3.63) is 106 Å². The topological polar surface area (TPSA) is 111 Å². The van der Waals surface area contributed by atoms with E-state index in [1.807, 2.05) is 68.4 Å². The summed E-state index contributed by atoms with van der Waals surface area (Å²) in [6, 6.07) is 24.4. The van der Waals surface area contributed by atoms with Crippen LogP contribution < -0.4 is 5.69 Å². The van der Waals surface area contributed by atoms with Crippen molar-refractivity contribution in [2.75, 3.05) is 0 Å². The van der Waals surface area contributed by atoms with Gasteiger partial charge < -0.3 is 0 Å². The quantitative estimate of drug-likeness (QED) is 0.409. The van der Waals surface area contributed by atoms with Gasteiger partial charge in [-0.2, -0.15) is 5.21 Å². The minimum absolute atomic E-state index is 0.0337. The molecule has 5 aromatic rings. The van der Waals surface area contributed by atoms with Crippen LogP contribution in [0.1, 0.15) is 41.5 Å². The average molecular weight is 466 g/mol. The molecule has 0 aliphatic heterocycles. The molecule has 0 atom stereocenters. The number of H-pyrrole nitrogens is 1. The molecule has 174 valence electrons. The SMILES string of the molecule is CC(C)c1nn(C(=O)c2ccccc2)c(=O)n1Cc1ccc(-c2ccccc2-c2nn[nH]n2)cc1. The van der Waals surface area contributed by atoms with Crippen LogP contribution in [0.2, 0.25) is 0 Å². The van der Waals surface area contributed by atoms with Gasteiger partial charge in [0.15, 0.2) is 0 Å². The smallest absolute Gasteiger partial charge is 0.274 e. The second-order valence-electron chi connectivity index (χ2n) is 8.44. The summed E-state index contributed by atoms with van der Waals surface area (Å²) in [7, 11) is 0. The summed E-state index contributed by atoms with van der Waals surface area (Å²) in [5, 5.41) is 18.7. The first-order valence-electron chi connectivity index (χ1n) is 11.2. The molecule has 0 amide bonds. The van der Waals surface area contributed by atoms with E-state index in [0.29, 0.717) is 23.8 Å². The van der Waals surface area contributed by atoms with Gasteiger partial charge in [-0.05, 0) is 34.0 Å². The highest BCUT2D eigenvalue weighted by atomic mass is 16.2. The molecule has 0 aliphatic carbocycles. The number of carbonyl (C=O) groups excluding carboxylic acids is 1. The largest absolute Gasteiger partial charge is 0.353 e. The number of nitrogens with zero attached hydrogens (tertiary/aromatic N) is 6. The average Bonchev–Trinajstić information content (AvgIpc) is 3.54. The number of nitrogens with one attached hydrogen (secondary N) is 1. The summed E-state index contributed by atoms with van der Waals surface area (Å²) in [4.78, 5) is 26.1. The summed E-state index contributed by atoms with van der Waals surface area (Å²) in [5.74, 6) is 0.609. The van der Waals surface area contributed by atoms with Crippen molar-refractivity contribution in [2.24, 2.45) is 0 Å². The molecule has 2 heterocycles. The number of benzene rings is 3. The van der Waals surface area contributed by atoms with Crippen LogP contribution in [0, 0.1) is 0 Å². The van der Waals surface area contributed by atoms with Crippen LogP contribution in [0.25, 0.3) is 22.5 Å². The molecule has 0 radical (unpaired) electrons. The van der Waals surface area contributed by atoms with E-state index >= 15 is 0 Å². The molecule has 0 saturated carbocycles. The fraction of sp³-hybridized carbons (Fsp3) is 0.154. The van der Waals surface area contributed by atoms with Gasteiger partial charge in [-0.25, -0.2) is 4.79 Å². The zero-order chi connectivity index (χ0) is 24.4. The number of aromatic amines is 1. The van der Waals surface area contributed by atoms with Crippen molar-refractivity contribution < 1.29 is 4.79 Å². The second-order valence-corrected chi connectivity index (χ2v) is 8.44. The van der Waals surface area contributed by atoms with Crippen molar-refractivity contribution in [1.82, 2.24) is 35.0 Å². The molecule has 0 unspecified atom stereocenters. The number of hydrogen-bond acceptors (Lipinski definition) is 6. The lowest BCUT2D eigenvalue weighted by Crippen LogP contribution is -2.30. The molecular formula is C26H23N7O2. The molecule has 0 spiro atoms. The number of aromatic nitrogens is 7. The maximum absolute atomic E-state index is 13.2. The highest BCUT2D eigenvalue weighted by Gasteiger charge is 2.21. The Balaban J connectivity index is 1.46. The Hall–Kier alpha value is -4.66. The van der Waals surface area contributed by atoms with Gasteiger partial charge >= 0.3 is 5.69 Å². The Bertz CT molecular complexity index is 1520. The fourth-order valence-electron chi connectivity index (χ4n) is 4.00. The summed E-state index contributed by atoms with van der Waals surface area (Å²) in [6.45, 7) is 4.21. The van der Waals surface area contributed by atoms with Gasteiger partial charge in [0.2, 0.25) is 5.82 Å². The highest BCUT2D eigenvalue weighted by molar-refractivity contribution is 5.95. The third-order valence-corrected chi connectivity index (χ3v) is 5.74. The predicted molar refractivity (Wildman–Crippen MR) is 131 cm³/mol. The zero-order valence-corrected chi connectivity index (χ0v) is 19.3. The van der Waals surface area contributed by atoms with Gasteiger partial charge in [0.1, 0.15) is 5.82 Å². The van der Waals surface area contributed by atoms with Gasteiger partial charge in [-0.1, -0.05) is 80.6 Å². The first kappa shape index (κ1) is 22.1. The van der Waals surface area contributed by atoms with Gasteiger partial charge in [-0.3, -0.25) is 9.36 Å². The van der Waals surface area contributed by atoms with Crippen LogP contribution in [0.5, 0.6) is 0 Å². The Morgan fingerprint density at radius 1 is 0.914 bits per heavy atom. The minimum atomic E-state index is -0.450. The van der Waals surface area contributed by atoms with E-state index in [2.05, 4.69) is 25.7 Å². The number of rotatable bonds is 6. The van der Waals surface area contributed by atoms with Gasteiger partial charge in [-0.15, -0.1) is 20.0 Å². The molecule has 0 aliphatic rings. The van der Waals surface area contributed by atoms with Gasteiger partial charge in [0.25, 0.3) is 5.91 Å². The third kappa shape index (κ3) is 4.31. The fourth-order valence-corrected chi connectivity index (χ4v) is 4.00. The van der Waals surface area contributed by atoms with Crippen molar-refractivity contribution in [1.29, 1.82) is 0 Å². The summed E-state index contributed by atoms with van der Waals surface area (Å²) in [5.41, 5.74) is 3.71. The third-order valence-electron chi connectivity index (χ3n) is 5.74. The molecule has 2 aromatic heterocycles. The van der Waals surface area contributed by atoms with E-state index < -0.39 is 11.6 Å². The monoisotopic (exact) mass is 465 g/mol. The maximum atomic E-state index is 13.2. The number of carbonyl (C=O) groups is 1. The lowest BCUT2D eigenvalue weighted by Gasteiger charge is -2.10. The van der Waals surface area contributed by atoms with E-state index in [0.717, 1.165) is 26.9 Å². The first-order chi connectivity index (χ1) is 17.0. The van der Waals surface area contributed by atoms with Gasteiger partial charge in [0.05, 0.1) is 6.54 Å². The summed E-state index contributed by atoms with van der Waals surface area (Å²) < 4.78 is 2.52. The van der Waals surface area contributed by atoms with E-state index in [1.165, 1.54) is 0 Å². The Labute approximate surface area is 201 Å². The molecule has 3 aromatic carbocycles. The van der Waals surface area contributed by atoms with E-state index in [4.69, 9.17) is 0 Å². The zero-order valence-electron chi connectivity index (χ0n) is 19.3. The van der Waals surface area contributed by atoms with Crippen LogP contribution in [0.4, 0.5) is 0 Å². The highest BCUT2D eigenvalue weighted by Crippen LogP contribution is 2.29. The number of tetrazole rings is 1. The van der Waals surface area contributed by atoms with Crippen LogP contribution in [-0.2, 0) is 6.54 Å². The van der Waals surface area contributed by atoms with Crippen LogP contribution in [0.3, 0.4) is 0 Å². The van der Waals surface area contributed by atoms with Gasteiger partial charge in [0, 0.05) is 17.0 Å². The standard InChI is InChI=1S/C26H23N7O2/c1-17(2)24-29-33(25(34)20-8-4-3-5-9-20)26(35)32(24)16-18-12-14-19(15-13-18)21-10-6-7-11-22(21)23-27-30-31-28-23/h3-15,17H,16H2,1-2H3,(H,27,28,30,31). The van der Waals surface area contributed by atoms with Crippen LogP contribution in [-0.4, -0.2) is 40.9 Å².